The van der Waals surface area contributed by atoms with Crippen LogP contribution in [0.2, 0.25) is 5.02 Å². The Hall–Kier alpha value is -1.95. The SMILES string of the molecule is COC(=O)NC1CCN(C(=O)c2ccc(N)cc2Cl)C1. The number of nitrogen functional groups attached to an aromatic ring is 1. The number of nitrogens with one attached hydrogen (secondary N) is 1. The average Bonchev–Trinajstić information content (AvgIpc) is 2.86. The Morgan fingerprint density at radius 3 is 2.90 bits per heavy atom. The van der Waals surface area contributed by atoms with Crippen molar-refractivity contribution in [2.45, 2.75) is 12.5 Å². The Bertz CT molecular complexity index is 536. The molecule has 1 aromatic rings. The molecule has 0 aromatic heterocycles. The predicted molar refractivity (Wildman–Crippen MR) is 75.7 cm³/mol. The molecule has 1 unspecified atom stereocenters. The molecule has 2 rings (SSSR count). The second-order valence-corrected chi connectivity index (χ2v) is 5.02. The van der Waals surface area contributed by atoms with Gasteiger partial charge >= 0.3 is 6.09 Å². The average molecular weight is 298 g/mol. The van der Waals surface area contributed by atoms with Crippen LogP contribution in [0.4, 0.5) is 10.5 Å². The fourth-order valence-corrected chi connectivity index (χ4v) is 2.43. The molecule has 20 heavy (non-hydrogen) atoms. The third-order valence-corrected chi connectivity index (χ3v) is 3.52. The van der Waals surface area contributed by atoms with Crippen LogP contribution in [-0.4, -0.2) is 43.1 Å². The van der Waals surface area contributed by atoms with Crippen LogP contribution in [0.5, 0.6) is 0 Å². The molecule has 1 heterocycles. The maximum absolute atomic E-state index is 12.3. The van der Waals surface area contributed by atoms with Crippen LogP contribution in [0, 0.1) is 0 Å². The summed E-state index contributed by atoms with van der Waals surface area (Å²) < 4.78 is 4.54. The van der Waals surface area contributed by atoms with Crippen LogP contribution < -0.4 is 11.1 Å². The van der Waals surface area contributed by atoms with Gasteiger partial charge in [-0.15, -0.1) is 0 Å². The van der Waals surface area contributed by atoms with Crippen molar-refractivity contribution in [1.29, 1.82) is 0 Å². The number of rotatable bonds is 2. The van der Waals surface area contributed by atoms with Gasteiger partial charge in [-0.25, -0.2) is 4.79 Å². The van der Waals surface area contributed by atoms with E-state index in [1.165, 1.54) is 7.11 Å². The molecular weight excluding hydrogens is 282 g/mol. The lowest BCUT2D eigenvalue weighted by Gasteiger charge is -2.17. The fourth-order valence-electron chi connectivity index (χ4n) is 2.16. The molecule has 0 spiro atoms. The van der Waals surface area contributed by atoms with E-state index >= 15 is 0 Å². The summed E-state index contributed by atoms with van der Waals surface area (Å²) in [6, 6.07) is 4.70. The number of amides is 2. The molecule has 1 saturated heterocycles. The predicted octanol–water partition coefficient (Wildman–Crippen LogP) is 1.49. The number of halogens is 1. The summed E-state index contributed by atoms with van der Waals surface area (Å²) in [6.45, 7) is 1.00. The molecule has 1 aliphatic rings. The molecule has 2 amide bonds. The van der Waals surface area contributed by atoms with Crippen LogP contribution >= 0.6 is 11.6 Å². The van der Waals surface area contributed by atoms with Gasteiger partial charge in [-0.2, -0.15) is 0 Å². The lowest BCUT2D eigenvalue weighted by atomic mass is 10.2. The molecule has 1 aliphatic heterocycles. The van der Waals surface area contributed by atoms with Crippen molar-refractivity contribution in [3.63, 3.8) is 0 Å². The topological polar surface area (TPSA) is 84.7 Å². The number of hydrogen-bond acceptors (Lipinski definition) is 4. The number of carbonyl (C=O) groups is 2. The molecule has 6 nitrogen and oxygen atoms in total. The Balaban J connectivity index is 2.02. The normalized spacial score (nSPS) is 17.9. The number of nitrogens with two attached hydrogens (primary N) is 1. The summed E-state index contributed by atoms with van der Waals surface area (Å²) in [7, 11) is 1.31. The molecular formula is C13H16ClN3O3. The van der Waals surface area contributed by atoms with Gasteiger partial charge in [0.2, 0.25) is 0 Å². The van der Waals surface area contributed by atoms with Crippen LogP contribution in [0.1, 0.15) is 16.8 Å². The van der Waals surface area contributed by atoms with Crippen LogP contribution in [0.3, 0.4) is 0 Å². The molecule has 0 aliphatic carbocycles. The molecule has 0 saturated carbocycles. The van der Waals surface area contributed by atoms with Crippen LogP contribution in [0.15, 0.2) is 18.2 Å². The maximum Gasteiger partial charge on any atom is 0.407 e. The van der Waals surface area contributed by atoms with Gasteiger partial charge in [-0.05, 0) is 24.6 Å². The smallest absolute Gasteiger partial charge is 0.407 e. The zero-order valence-corrected chi connectivity index (χ0v) is 11.8. The van der Waals surface area contributed by atoms with Crippen molar-refractivity contribution in [1.82, 2.24) is 10.2 Å². The number of alkyl carbamates (subject to hydrolysis) is 1. The molecule has 1 atom stereocenters. The minimum Gasteiger partial charge on any atom is -0.453 e. The van der Waals surface area contributed by atoms with E-state index in [0.29, 0.717) is 35.8 Å². The van der Waals surface area contributed by atoms with E-state index in [1.807, 2.05) is 0 Å². The lowest BCUT2D eigenvalue weighted by molar-refractivity contribution is 0.0788. The zero-order valence-electron chi connectivity index (χ0n) is 11.1. The molecule has 108 valence electrons. The Morgan fingerprint density at radius 2 is 2.25 bits per heavy atom. The molecule has 7 heteroatoms. The van der Waals surface area contributed by atoms with Crippen LogP contribution in [-0.2, 0) is 4.74 Å². The summed E-state index contributed by atoms with van der Waals surface area (Å²) in [5.41, 5.74) is 6.53. The molecule has 1 aromatic carbocycles. The first-order valence-electron chi connectivity index (χ1n) is 6.20. The Morgan fingerprint density at radius 1 is 1.50 bits per heavy atom. The number of hydrogen-bond donors (Lipinski definition) is 2. The second kappa shape index (κ2) is 6.00. The van der Waals surface area contributed by atoms with Crippen molar-refractivity contribution >= 4 is 29.3 Å². The minimum absolute atomic E-state index is 0.0982. The number of nitrogens with zero attached hydrogens (tertiary/aromatic N) is 1. The lowest BCUT2D eigenvalue weighted by Crippen LogP contribution is -2.38. The zero-order chi connectivity index (χ0) is 14.7. The summed E-state index contributed by atoms with van der Waals surface area (Å²) in [4.78, 5) is 25.1. The highest BCUT2D eigenvalue weighted by Gasteiger charge is 2.29. The van der Waals surface area contributed by atoms with Crippen molar-refractivity contribution < 1.29 is 14.3 Å². The molecule has 1 fully saturated rings. The van der Waals surface area contributed by atoms with Crippen molar-refractivity contribution in [2.75, 3.05) is 25.9 Å². The van der Waals surface area contributed by atoms with Gasteiger partial charge in [0.15, 0.2) is 0 Å². The Labute approximate surface area is 121 Å². The van der Waals surface area contributed by atoms with Crippen molar-refractivity contribution in [3.8, 4) is 0 Å². The largest absolute Gasteiger partial charge is 0.453 e. The monoisotopic (exact) mass is 297 g/mol. The first kappa shape index (κ1) is 14.5. The summed E-state index contributed by atoms with van der Waals surface area (Å²) >= 11 is 6.03. The van der Waals surface area contributed by atoms with Crippen LogP contribution in [0.25, 0.3) is 0 Å². The second-order valence-electron chi connectivity index (χ2n) is 4.61. The fraction of sp³-hybridized carbons (Fsp3) is 0.385. The first-order chi connectivity index (χ1) is 9.51. The van der Waals surface area contributed by atoms with Gasteiger partial charge in [0.1, 0.15) is 0 Å². The Kier molecular flexibility index (Phi) is 4.34. The third kappa shape index (κ3) is 3.14. The van der Waals surface area contributed by atoms with Crippen molar-refractivity contribution in [3.05, 3.63) is 28.8 Å². The van der Waals surface area contributed by atoms with Gasteiger partial charge in [0.25, 0.3) is 5.91 Å². The first-order valence-corrected chi connectivity index (χ1v) is 6.58. The van der Waals surface area contributed by atoms with Gasteiger partial charge in [-0.1, -0.05) is 11.6 Å². The number of ether oxygens (including phenoxy) is 1. The summed E-state index contributed by atoms with van der Waals surface area (Å²) in [5, 5.41) is 3.01. The van der Waals surface area contributed by atoms with Gasteiger partial charge in [0, 0.05) is 18.8 Å². The number of anilines is 1. The highest BCUT2D eigenvalue weighted by molar-refractivity contribution is 6.34. The molecule has 0 bridgehead atoms. The maximum atomic E-state index is 12.3. The van der Waals surface area contributed by atoms with E-state index < -0.39 is 6.09 Å². The number of likely N-dealkylation sites (tertiary alicyclic amines) is 1. The molecule has 0 radical (unpaired) electrons. The third-order valence-electron chi connectivity index (χ3n) is 3.21. The minimum atomic E-state index is -0.491. The number of carbonyl (C=O) groups excluding carboxylic acids is 2. The van der Waals surface area contributed by atoms with E-state index in [1.54, 1.807) is 23.1 Å². The number of benzene rings is 1. The highest BCUT2D eigenvalue weighted by Crippen LogP contribution is 2.22. The quantitative estimate of drug-likeness (QED) is 0.810. The summed E-state index contributed by atoms with van der Waals surface area (Å²) in [5.74, 6) is -0.163. The van der Waals surface area contributed by atoms with E-state index in [2.05, 4.69) is 10.1 Å². The summed E-state index contributed by atoms with van der Waals surface area (Å²) in [6.07, 6.45) is 0.197. The molecule has 3 N–H and O–H groups in total. The van der Waals surface area contributed by atoms with E-state index in [9.17, 15) is 9.59 Å². The van der Waals surface area contributed by atoms with Gasteiger partial charge < -0.3 is 20.7 Å². The number of methoxy groups -OCH3 is 1. The van der Waals surface area contributed by atoms with Crippen molar-refractivity contribution in [2.24, 2.45) is 0 Å². The standard InChI is InChI=1S/C13H16ClN3O3/c1-20-13(19)16-9-4-5-17(7-9)12(18)10-3-2-8(15)6-11(10)14/h2-3,6,9H,4-5,7,15H2,1H3,(H,16,19). The van der Waals surface area contributed by atoms with E-state index in [0.717, 1.165) is 0 Å². The van der Waals surface area contributed by atoms with Gasteiger partial charge in [0.05, 0.1) is 23.7 Å². The van der Waals surface area contributed by atoms with Gasteiger partial charge in [-0.3, -0.25) is 4.79 Å². The van der Waals surface area contributed by atoms with E-state index in [-0.39, 0.29) is 11.9 Å². The van der Waals surface area contributed by atoms with E-state index in [4.69, 9.17) is 17.3 Å². The highest BCUT2D eigenvalue weighted by atomic mass is 35.5.